The van der Waals surface area contributed by atoms with Gasteiger partial charge in [0.1, 0.15) is 23.0 Å². The Bertz CT molecular complexity index is 888. The topological polar surface area (TPSA) is 89.9 Å². The smallest absolute Gasteiger partial charge is 0.239 e. The molecule has 0 aliphatic carbocycles. The van der Waals surface area contributed by atoms with E-state index in [1.807, 2.05) is 43.3 Å². The number of carbonyl (C=O) groups excluding carboxylic acids is 1. The van der Waals surface area contributed by atoms with E-state index in [0.717, 1.165) is 21.3 Å². The molecule has 0 saturated carbocycles. The molecule has 7 nitrogen and oxygen atoms in total. The number of aromatic nitrogens is 4. The van der Waals surface area contributed by atoms with Gasteiger partial charge in [0.25, 0.3) is 0 Å². The highest BCUT2D eigenvalue weighted by molar-refractivity contribution is 8.00. The molecule has 0 aliphatic heterocycles. The fourth-order valence-corrected chi connectivity index (χ4v) is 3.94. The van der Waals surface area contributed by atoms with Crippen molar-refractivity contribution >= 4 is 34.1 Å². The van der Waals surface area contributed by atoms with Crippen molar-refractivity contribution in [3.63, 3.8) is 0 Å². The highest BCUT2D eigenvalue weighted by atomic mass is 32.2. The van der Waals surface area contributed by atoms with Crippen LogP contribution < -0.4 is 5.32 Å². The van der Waals surface area contributed by atoms with Gasteiger partial charge >= 0.3 is 0 Å². The molecular formula is C18H19N5O2S2. The van der Waals surface area contributed by atoms with Crippen molar-refractivity contribution in [3.8, 4) is 11.3 Å². The van der Waals surface area contributed by atoms with Crippen molar-refractivity contribution in [2.45, 2.75) is 30.2 Å². The minimum absolute atomic E-state index is 0.123. The highest BCUT2D eigenvalue weighted by Crippen LogP contribution is 2.28. The lowest BCUT2D eigenvalue weighted by Gasteiger charge is -2.13. The number of nitrogens with zero attached hydrogens (tertiary/aromatic N) is 4. The zero-order chi connectivity index (χ0) is 19.1. The number of carbonyl (C=O) groups is 1. The van der Waals surface area contributed by atoms with Gasteiger partial charge in [-0.05, 0) is 12.5 Å². The van der Waals surface area contributed by atoms with Crippen LogP contribution in [0.3, 0.4) is 0 Å². The first-order chi connectivity index (χ1) is 13.2. The van der Waals surface area contributed by atoms with E-state index in [9.17, 15) is 4.79 Å². The number of benzene rings is 1. The molecule has 1 N–H and O–H groups in total. The predicted octanol–water partition coefficient (Wildman–Crippen LogP) is 3.65. The van der Waals surface area contributed by atoms with Crippen LogP contribution in [0.4, 0.5) is 5.13 Å². The molecule has 1 amide bonds. The Morgan fingerprint density at radius 1 is 1.26 bits per heavy atom. The summed E-state index contributed by atoms with van der Waals surface area (Å²) in [6.07, 6.45) is 2.18. The Morgan fingerprint density at radius 3 is 2.81 bits per heavy atom. The zero-order valence-electron chi connectivity index (χ0n) is 15.0. The number of hydrogen-bond donors (Lipinski definition) is 1. The number of methoxy groups -OCH3 is 1. The van der Waals surface area contributed by atoms with Crippen molar-refractivity contribution in [1.29, 1.82) is 0 Å². The van der Waals surface area contributed by atoms with Gasteiger partial charge in [0, 0.05) is 12.7 Å². The Hall–Kier alpha value is -2.36. The molecule has 9 heteroatoms. The van der Waals surface area contributed by atoms with Crippen molar-refractivity contribution in [2.24, 2.45) is 0 Å². The molecule has 27 heavy (non-hydrogen) atoms. The summed E-state index contributed by atoms with van der Waals surface area (Å²) in [5.41, 5.74) is 1.84. The third kappa shape index (κ3) is 5.31. The average Bonchev–Trinajstić information content (AvgIpc) is 3.14. The molecular weight excluding hydrogens is 382 g/mol. The summed E-state index contributed by atoms with van der Waals surface area (Å²) >= 11 is 2.72. The van der Waals surface area contributed by atoms with E-state index >= 15 is 0 Å². The maximum absolute atomic E-state index is 12.6. The summed E-state index contributed by atoms with van der Waals surface area (Å²) in [5, 5.41) is 12.4. The van der Waals surface area contributed by atoms with Crippen molar-refractivity contribution in [3.05, 3.63) is 47.7 Å². The van der Waals surface area contributed by atoms with Gasteiger partial charge in [-0.15, -0.1) is 10.2 Å². The fourth-order valence-electron chi connectivity index (χ4n) is 2.31. The van der Waals surface area contributed by atoms with Gasteiger partial charge in [-0.1, -0.05) is 60.4 Å². The second kappa shape index (κ2) is 9.54. The zero-order valence-corrected chi connectivity index (χ0v) is 16.6. The Kier molecular flexibility index (Phi) is 6.86. The molecule has 0 saturated heterocycles. The monoisotopic (exact) mass is 401 g/mol. The van der Waals surface area contributed by atoms with Crippen LogP contribution in [0.2, 0.25) is 0 Å². The lowest BCUT2D eigenvalue weighted by Crippen LogP contribution is -2.24. The number of nitrogens with one attached hydrogen (secondary N) is 1. The van der Waals surface area contributed by atoms with Gasteiger partial charge in [-0.25, -0.2) is 9.97 Å². The Balaban J connectivity index is 1.68. The minimum Gasteiger partial charge on any atom is -0.377 e. The molecule has 0 radical (unpaired) electrons. The van der Waals surface area contributed by atoms with Crippen LogP contribution in [0.25, 0.3) is 11.3 Å². The van der Waals surface area contributed by atoms with Gasteiger partial charge < -0.3 is 4.74 Å². The number of rotatable bonds is 8. The third-order valence-corrected chi connectivity index (χ3v) is 5.71. The van der Waals surface area contributed by atoms with E-state index in [4.69, 9.17) is 4.74 Å². The van der Waals surface area contributed by atoms with Crippen LogP contribution in [-0.2, 0) is 16.1 Å². The molecule has 0 unspecified atom stereocenters. The molecule has 2 aromatic heterocycles. The standard InChI is InChI=1S/C18H19N5O2S2/c1-3-14(17(24)21-18-23-22-16(27-18)10-25-2)26-15-9-13(19-11-20-15)12-7-5-4-6-8-12/h4-9,11,14H,3,10H2,1-2H3,(H,21,23,24)/t14-/m1/s1. The Morgan fingerprint density at radius 2 is 2.07 bits per heavy atom. The van der Waals surface area contributed by atoms with Crippen molar-refractivity contribution in [1.82, 2.24) is 20.2 Å². The quantitative estimate of drug-likeness (QED) is 0.455. The van der Waals surface area contributed by atoms with Gasteiger partial charge in [0.15, 0.2) is 0 Å². The number of amides is 1. The molecule has 0 bridgehead atoms. The van der Waals surface area contributed by atoms with Crippen LogP contribution in [-0.4, -0.2) is 38.4 Å². The van der Waals surface area contributed by atoms with E-state index < -0.39 is 0 Å². The van der Waals surface area contributed by atoms with Gasteiger partial charge in [0.2, 0.25) is 11.0 Å². The highest BCUT2D eigenvalue weighted by Gasteiger charge is 2.20. The number of thioether (sulfide) groups is 1. The summed E-state index contributed by atoms with van der Waals surface area (Å²) < 4.78 is 5.02. The molecule has 3 aromatic rings. The van der Waals surface area contributed by atoms with Crippen LogP contribution in [0.5, 0.6) is 0 Å². The third-order valence-electron chi connectivity index (χ3n) is 3.60. The van der Waals surface area contributed by atoms with E-state index in [0.29, 0.717) is 18.2 Å². The SMILES string of the molecule is CC[C@@H](Sc1cc(-c2ccccc2)ncn1)C(=O)Nc1nnc(COC)s1. The first kappa shape index (κ1) is 19.4. The molecule has 0 fully saturated rings. The lowest BCUT2D eigenvalue weighted by atomic mass is 10.1. The van der Waals surface area contributed by atoms with Crippen LogP contribution in [0, 0.1) is 0 Å². The maximum Gasteiger partial charge on any atom is 0.239 e. The van der Waals surface area contributed by atoms with Gasteiger partial charge in [0.05, 0.1) is 10.9 Å². The second-order valence-electron chi connectivity index (χ2n) is 5.55. The largest absolute Gasteiger partial charge is 0.377 e. The fraction of sp³-hybridized carbons (Fsp3) is 0.278. The number of hydrogen-bond acceptors (Lipinski definition) is 8. The summed E-state index contributed by atoms with van der Waals surface area (Å²) in [4.78, 5) is 21.2. The summed E-state index contributed by atoms with van der Waals surface area (Å²) in [6, 6.07) is 11.8. The number of ether oxygens (including phenoxy) is 1. The maximum atomic E-state index is 12.6. The molecule has 140 valence electrons. The Labute approximate surface area is 165 Å². The van der Waals surface area contributed by atoms with E-state index in [-0.39, 0.29) is 11.2 Å². The molecule has 0 spiro atoms. The van der Waals surface area contributed by atoms with Crippen LogP contribution >= 0.6 is 23.1 Å². The van der Waals surface area contributed by atoms with Gasteiger partial charge in [-0.2, -0.15) is 0 Å². The molecule has 0 aliphatic rings. The second-order valence-corrected chi connectivity index (χ2v) is 7.83. The lowest BCUT2D eigenvalue weighted by molar-refractivity contribution is -0.115. The van der Waals surface area contributed by atoms with Crippen molar-refractivity contribution < 1.29 is 9.53 Å². The first-order valence-electron chi connectivity index (χ1n) is 8.36. The summed E-state index contributed by atoms with van der Waals surface area (Å²) in [6.45, 7) is 2.34. The molecule has 1 aromatic carbocycles. The van der Waals surface area contributed by atoms with E-state index in [1.165, 1.54) is 29.4 Å². The summed E-state index contributed by atoms with van der Waals surface area (Å²) in [5.74, 6) is -0.123. The molecule has 2 heterocycles. The van der Waals surface area contributed by atoms with Gasteiger partial charge in [-0.3, -0.25) is 10.1 Å². The predicted molar refractivity (Wildman–Crippen MR) is 107 cm³/mol. The van der Waals surface area contributed by atoms with E-state index in [1.54, 1.807) is 7.11 Å². The first-order valence-corrected chi connectivity index (χ1v) is 10.1. The number of anilines is 1. The average molecular weight is 402 g/mol. The van der Waals surface area contributed by atoms with Crippen LogP contribution in [0.15, 0.2) is 47.8 Å². The molecule has 1 atom stereocenters. The minimum atomic E-state index is -0.293. The van der Waals surface area contributed by atoms with Crippen molar-refractivity contribution in [2.75, 3.05) is 12.4 Å². The normalized spacial score (nSPS) is 11.9. The molecule has 3 rings (SSSR count). The van der Waals surface area contributed by atoms with E-state index in [2.05, 4.69) is 25.5 Å². The summed E-state index contributed by atoms with van der Waals surface area (Å²) in [7, 11) is 1.59. The van der Waals surface area contributed by atoms with Crippen LogP contribution in [0.1, 0.15) is 18.4 Å².